The standard InChI is InChI=1S/C18H26BrN3O2/c1-20-17(22-8-7-18(12-22)5-4-6-18)21-11-13-9-14(19)16(24-3)15(10-13)23-2/h9-10H,4-8,11-12H2,1-3H3,(H,20,21). The molecule has 1 saturated carbocycles. The fourth-order valence-electron chi connectivity index (χ4n) is 3.79. The summed E-state index contributed by atoms with van der Waals surface area (Å²) in [5.74, 6) is 2.44. The second-order valence-corrected chi connectivity index (χ2v) is 7.59. The van der Waals surface area contributed by atoms with E-state index in [-0.39, 0.29) is 0 Å². The molecule has 2 fully saturated rings. The third-order valence-electron chi connectivity index (χ3n) is 5.31. The van der Waals surface area contributed by atoms with E-state index in [1.165, 1.54) is 25.7 Å². The van der Waals surface area contributed by atoms with Gasteiger partial charge in [0.05, 0.1) is 18.7 Å². The van der Waals surface area contributed by atoms with Crippen LogP contribution in [0.3, 0.4) is 0 Å². The Morgan fingerprint density at radius 1 is 1.29 bits per heavy atom. The number of hydrogen-bond donors (Lipinski definition) is 1. The molecule has 1 saturated heterocycles. The highest BCUT2D eigenvalue weighted by Gasteiger charge is 2.43. The number of benzene rings is 1. The van der Waals surface area contributed by atoms with E-state index in [4.69, 9.17) is 9.47 Å². The van der Waals surface area contributed by atoms with E-state index in [1.54, 1.807) is 14.2 Å². The summed E-state index contributed by atoms with van der Waals surface area (Å²) in [6.07, 6.45) is 5.45. The molecule has 1 heterocycles. The topological polar surface area (TPSA) is 46.1 Å². The summed E-state index contributed by atoms with van der Waals surface area (Å²) in [7, 11) is 5.16. The molecule has 1 aromatic carbocycles. The largest absolute Gasteiger partial charge is 0.493 e. The molecule has 132 valence electrons. The number of hydrogen-bond acceptors (Lipinski definition) is 3. The minimum atomic E-state index is 0.573. The van der Waals surface area contributed by atoms with Crippen LogP contribution in [-0.4, -0.2) is 45.2 Å². The van der Waals surface area contributed by atoms with Gasteiger partial charge in [-0.15, -0.1) is 0 Å². The van der Waals surface area contributed by atoms with Gasteiger partial charge in [0.2, 0.25) is 0 Å². The van der Waals surface area contributed by atoms with Gasteiger partial charge in [-0.1, -0.05) is 6.42 Å². The number of rotatable bonds is 4. The highest BCUT2D eigenvalue weighted by Crippen LogP contribution is 2.47. The molecule has 1 aliphatic carbocycles. The monoisotopic (exact) mass is 395 g/mol. The van der Waals surface area contributed by atoms with Crippen LogP contribution in [0.25, 0.3) is 0 Å². The molecule has 1 N–H and O–H groups in total. The molecule has 2 aliphatic rings. The Morgan fingerprint density at radius 3 is 2.62 bits per heavy atom. The summed E-state index contributed by atoms with van der Waals surface area (Å²) >= 11 is 3.55. The van der Waals surface area contributed by atoms with E-state index in [0.29, 0.717) is 12.0 Å². The van der Waals surface area contributed by atoms with E-state index in [1.807, 2.05) is 13.1 Å². The molecular weight excluding hydrogens is 370 g/mol. The number of likely N-dealkylation sites (tertiary alicyclic amines) is 1. The maximum atomic E-state index is 5.42. The maximum Gasteiger partial charge on any atom is 0.193 e. The Hall–Kier alpha value is -1.43. The minimum absolute atomic E-state index is 0.573. The van der Waals surface area contributed by atoms with Crippen molar-refractivity contribution >= 4 is 21.9 Å². The Morgan fingerprint density at radius 2 is 2.08 bits per heavy atom. The first-order valence-electron chi connectivity index (χ1n) is 8.47. The van der Waals surface area contributed by atoms with Crippen molar-refractivity contribution in [1.82, 2.24) is 10.2 Å². The second kappa shape index (κ2) is 7.21. The summed E-state index contributed by atoms with van der Waals surface area (Å²) in [5, 5.41) is 3.49. The summed E-state index contributed by atoms with van der Waals surface area (Å²) in [6, 6.07) is 4.06. The molecule has 3 rings (SSSR count). The first kappa shape index (κ1) is 17.4. The van der Waals surface area contributed by atoms with Gasteiger partial charge in [0, 0.05) is 26.7 Å². The van der Waals surface area contributed by atoms with Crippen LogP contribution in [0, 0.1) is 5.41 Å². The lowest BCUT2D eigenvalue weighted by Crippen LogP contribution is -2.42. The molecule has 0 aromatic heterocycles. The van der Waals surface area contributed by atoms with Crippen molar-refractivity contribution in [3.05, 3.63) is 22.2 Å². The fraction of sp³-hybridized carbons (Fsp3) is 0.611. The number of halogens is 1. The zero-order valence-corrected chi connectivity index (χ0v) is 16.3. The molecule has 1 aromatic rings. The zero-order valence-electron chi connectivity index (χ0n) is 14.7. The van der Waals surface area contributed by atoms with Crippen molar-refractivity contribution in [3.8, 4) is 11.5 Å². The van der Waals surface area contributed by atoms with Gasteiger partial charge < -0.3 is 19.7 Å². The van der Waals surface area contributed by atoms with Gasteiger partial charge in [0.15, 0.2) is 17.5 Å². The summed E-state index contributed by atoms with van der Waals surface area (Å²) in [4.78, 5) is 6.87. The molecule has 0 atom stereocenters. The van der Waals surface area contributed by atoms with Crippen LogP contribution >= 0.6 is 15.9 Å². The summed E-state index contributed by atoms with van der Waals surface area (Å²) in [5.41, 5.74) is 1.70. The first-order valence-corrected chi connectivity index (χ1v) is 9.26. The molecule has 6 heteroatoms. The van der Waals surface area contributed by atoms with Crippen LogP contribution in [0.5, 0.6) is 11.5 Å². The van der Waals surface area contributed by atoms with Gasteiger partial charge in [-0.05, 0) is 58.3 Å². The van der Waals surface area contributed by atoms with E-state index < -0.39 is 0 Å². The van der Waals surface area contributed by atoms with Crippen molar-refractivity contribution in [2.45, 2.75) is 32.2 Å². The molecule has 0 amide bonds. The normalized spacial score (nSPS) is 19.3. The second-order valence-electron chi connectivity index (χ2n) is 6.74. The molecule has 0 radical (unpaired) electrons. The number of aliphatic imine (C=N–C) groups is 1. The average Bonchev–Trinajstić information content (AvgIpc) is 3.00. The molecule has 0 bridgehead atoms. The van der Waals surface area contributed by atoms with Crippen LogP contribution in [-0.2, 0) is 6.54 Å². The van der Waals surface area contributed by atoms with Gasteiger partial charge in [0.1, 0.15) is 0 Å². The number of nitrogens with zero attached hydrogens (tertiary/aromatic N) is 2. The SMILES string of the molecule is CN=C(NCc1cc(Br)c(OC)c(OC)c1)N1CCC2(CCC2)C1. The Balaban J connectivity index is 1.65. The Bertz CT molecular complexity index is 629. The third-order valence-corrected chi connectivity index (χ3v) is 5.90. The Labute approximate surface area is 152 Å². The van der Waals surface area contributed by atoms with Crippen LogP contribution in [0.4, 0.5) is 0 Å². The zero-order chi connectivity index (χ0) is 17.2. The summed E-state index contributed by atoms with van der Waals surface area (Å²) < 4.78 is 11.7. The highest BCUT2D eigenvalue weighted by atomic mass is 79.9. The van der Waals surface area contributed by atoms with Crippen LogP contribution in [0.15, 0.2) is 21.6 Å². The molecule has 0 unspecified atom stereocenters. The van der Waals surface area contributed by atoms with Crippen LogP contribution in [0.1, 0.15) is 31.2 Å². The molecule has 24 heavy (non-hydrogen) atoms. The average molecular weight is 396 g/mol. The van der Waals surface area contributed by atoms with Crippen LogP contribution < -0.4 is 14.8 Å². The fourth-order valence-corrected chi connectivity index (χ4v) is 4.44. The van der Waals surface area contributed by atoms with Gasteiger partial charge in [-0.2, -0.15) is 0 Å². The predicted molar refractivity (Wildman–Crippen MR) is 99.9 cm³/mol. The van der Waals surface area contributed by atoms with Gasteiger partial charge in [-0.3, -0.25) is 4.99 Å². The van der Waals surface area contributed by atoms with Crippen molar-refractivity contribution < 1.29 is 9.47 Å². The quantitative estimate of drug-likeness (QED) is 0.626. The smallest absolute Gasteiger partial charge is 0.193 e. The van der Waals surface area contributed by atoms with Crippen molar-refractivity contribution in [2.24, 2.45) is 10.4 Å². The lowest BCUT2D eigenvalue weighted by atomic mass is 9.68. The summed E-state index contributed by atoms with van der Waals surface area (Å²) in [6.45, 7) is 2.95. The van der Waals surface area contributed by atoms with Crippen molar-refractivity contribution in [2.75, 3.05) is 34.4 Å². The number of ether oxygens (including phenoxy) is 2. The minimum Gasteiger partial charge on any atom is -0.493 e. The number of methoxy groups -OCH3 is 2. The van der Waals surface area contributed by atoms with E-state index in [9.17, 15) is 0 Å². The van der Waals surface area contributed by atoms with E-state index >= 15 is 0 Å². The van der Waals surface area contributed by atoms with Crippen molar-refractivity contribution in [3.63, 3.8) is 0 Å². The molecule has 1 aliphatic heterocycles. The number of nitrogens with one attached hydrogen (secondary N) is 1. The maximum absolute atomic E-state index is 5.42. The molecule has 5 nitrogen and oxygen atoms in total. The highest BCUT2D eigenvalue weighted by molar-refractivity contribution is 9.10. The lowest BCUT2D eigenvalue weighted by molar-refractivity contribution is 0.151. The molecule has 1 spiro atoms. The lowest BCUT2D eigenvalue weighted by Gasteiger charge is -2.38. The van der Waals surface area contributed by atoms with Gasteiger partial charge >= 0.3 is 0 Å². The number of guanidine groups is 1. The third kappa shape index (κ3) is 3.34. The van der Waals surface area contributed by atoms with E-state index in [2.05, 4.69) is 37.2 Å². The van der Waals surface area contributed by atoms with Crippen LogP contribution in [0.2, 0.25) is 0 Å². The first-order chi connectivity index (χ1) is 11.6. The van der Waals surface area contributed by atoms with Crippen molar-refractivity contribution in [1.29, 1.82) is 0 Å². The van der Waals surface area contributed by atoms with Gasteiger partial charge in [-0.25, -0.2) is 0 Å². The molecular formula is C18H26BrN3O2. The van der Waals surface area contributed by atoms with Gasteiger partial charge in [0.25, 0.3) is 0 Å². The van der Waals surface area contributed by atoms with E-state index in [0.717, 1.165) is 40.6 Å². The predicted octanol–water partition coefficient (Wildman–Crippen LogP) is 3.42. The Kier molecular flexibility index (Phi) is 5.23.